The van der Waals surface area contributed by atoms with E-state index in [9.17, 15) is 15.3 Å². The second kappa shape index (κ2) is 8.97. The van der Waals surface area contributed by atoms with Crippen LogP contribution >= 0.6 is 0 Å². The van der Waals surface area contributed by atoms with Gasteiger partial charge in [-0.25, -0.2) is 0 Å². The first kappa shape index (κ1) is 20.7. The molecule has 0 amide bonds. The van der Waals surface area contributed by atoms with Gasteiger partial charge in [0.05, 0.1) is 38.1 Å². The molecule has 3 aliphatic rings. The second-order valence-corrected chi connectivity index (χ2v) is 7.90. The van der Waals surface area contributed by atoms with Crippen LogP contribution in [0.4, 0.5) is 0 Å². The van der Waals surface area contributed by atoms with Crippen LogP contribution in [-0.4, -0.2) is 95.0 Å². The average Bonchev–Trinajstić information content (AvgIpc) is 3.25. The molecule has 9 heteroatoms. The lowest BCUT2D eigenvalue weighted by Gasteiger charge is -2.30. The summed E-state index contributed by atoms with van der Waals surface area (Å²) in [5.41, 5.74) is 0. The van der Waals surface area contributed by atoms with Gasteiger partial charge in [-0.3, -0.25) is 0 Å². The Morgan fingerprint density at radius 3 is 1.58 bits per heavy atom. The number of rotatable bonds is 7. The smallest absolute Gasteiger partial charge is 0.109 e. The van der Waals surface area contributed by atoms with Crippen LogP contribution < -0.4 is 0 Å². The quantitative estimate of drug-likeness (QED) is 0.488. The largest absolute Gasteiger partial charge is 0.394 e. The summed E-state index contributed by atoms with van der Waals surface area (Å²) in [5, 5.41) is 28.8. The van der Waals surface area contributed by atoms with Gasteiger partial charge in [-0.1, -0.05) is 0 Å². The van der Waals surface area contributed by atoms with Gasteiger partial charge in [0.15, 0.2) is 0 Å². The van der Waals surface area contributed by atoms with E-state index < -0.39 is 6.00 Å². The number of ether oxygens (including phenoxy) is 3. The van der Waals surface area contributed by atoms with Gasteiger partial charge >= 0.3 is 0 Å². The molecule has 0 spiro atoms. The lowest BCUT2D eigenvalue weighted by atomic mass is 9.69. The standard InChI is InChI=1S/C17H27B3O6/c18-15-3-8(12(5-21)24-15)1-10-11(17(20)26-14(10)7-23)2-9-4-16(19)25-13(9)6-22/h8-17,21-23H,1-7H2. The predicted molar refractivity (Wildman–Crippen MR) is 96.9 cm³/mol. The van der Waals surface area contributed by atoms with Gasteiger partial charge < -0.3 is 29.5 Å². The zero-order valence-corrected chi connectivity index (χ0v) is 15.0. The SMILES string of the molecule is [B]C1CC(CC2C([B])OC(CO)C2CC2CC([B])OC2CO)C(CO)O1. The highest BCUT2D eigenvalue weighted by Crippen LogP contribution is 2.44. The lowest BCUT2D eigenvalue weighted by molar-refractivity contribution is 0.00582. The Morgan fingerprint density at radius 1 is 0.654 bits per heavy atom. The predicted octanol–water partition coefficient (Wildman–Crippen LogP) is -1.33. The van der Waals surface area contributed by atoms with Crippen LogP contribution in [0.2, 0.25) is 0 Å². The summed E-state index contributed by atoms with van der Waals surface area (Å²) in [7, 11) is 18.0. The normalized spacial score (nSPS) is 49.0. The van der Waals surface area contributed by atoms with Crippen LogP contribution in [0.3, 0.4) is 0 Å². The Morgan fingerprint density at radius 2 is 1.12 bits per heavy atom. The highest BCUT2D eigenvalue weighted by Gasteiger charge is 2.47. The van der Waals surface area contributed by atoms with E-state index in [1.54, 1.807) is 0 Å². The Balaban J connectivity index is 1.70. The molecule has 6 nitrogen and oxygen atoms in total. The van der Waals surface area contributed by atoms with E-state index in [0.29, 0.717) is 25.7 Å². The number of hydrogen-bond donors (Lipinski definition) is 3. The maximum atomic E-state index is 9.75. The van der Waals surface area contributed by atoms with E-state index in [1.165, 1.54) is 0 Å². The van der Waals surface area contributed by atoms with E-state index in [2.05, 4.69) is 0 Å². The molecule has 0 bridgehead atoms. The van der Waals surface area contributed by atoms with E-state index in [1.807, 2.05) is 0 Å². The molecule has 0 aliphatic carbocycles. The molecular weight excluding hydrogens is 333 g/mol. The van der Waals surface area contributed by atoms with Crippen LogP contribution in [0, 0.1) is 23.7 Å². The molecule has 0 aromatic carbocycles. The molecule has 0 aromatic rings. The summed E-state index contributed by atoms with van der Waals surface area (Å²) in [6.45, 7) is -0.264. The Kier molecular flexibility index (Phi) is 7.14. The topological polar surface area (TPSA) is 88.4 Å². The third-order valence-electron chi connectivity index (χ3n) is 6.29. The molecule has 0 aromatic heterocycles. The summed E-state index contributed by atoms with van der Waals surface area (Å²) in [4.78, 5) is 0. The molecule has 3 aliphatic heterocycles. The summed E-state index contributed by atoms with van der Waals surface area (Å²) >= 11 is 0. The van der Waals surface area contributed by atoms with Crippen molar-refractivity contribution in [1.29, 1.82) is 0 Å². The first-order valence-corrected chi connectivity index (χ1v) is 9.52. The van der Waals surface area contributed by atoms with Crippen molar-refractivity contribution in [2.24, 2.45) is 23.7 Å². The Bertz CT molecular complexity index is 458. The Labute approximate surface area is 159 Å². The van der Waals surface area contributed by atoms with Gasteiger partial charge in [0, 0.05) is 18.0 Å². The summed E-state index contributed by atoms with van der Waals surface area (Å²) in [5.74, 6) is 0.238. The minimum atomic E-state index is -0.489. The number of hydrogen-bond acceptors (Lipinski definition) is 6. The van der Waals surface area contributed by atoms with Gasteiger partial charge in [-0.15, -0.1) is 0 Å². The van der Waals surface area contributed by atoms with Gasteiger partial charge in [0.1, 0.15) is 23.5 Å². The van der Waals surface area contributed by atoms with E-state index >= 15 is 0 Å². The molecular formula is C17H27B3O6. The fraction of sp³-hybridized carbons (Fsp3) is 1.00. The van der Waals surface area contributed by atoms with E-state index in [4.69, 9.17) is 37.7 Å². The fourth-order valence-electron chi connectivity index (χ4n) is 5.00. The maximum absolute atomic E-state index is 9.75. The van der Waals surface area contributed by atoms with E-state index in [-0.39, 0.29) is 73.8 Å². The molecule has 10 atom stereocenters. The van der Waals surface area contributed by atoms with Crippen LogP contribution in [0.15, 0.2) is 0 Å². The lowest BCUT2D eigenvalue weighted by Crippen LogP contribution is -2.33. The molecule has 3 saturated heterocycles. The Hall–Kier alpha value is -0.0452. The van der Waals surface area contributed by atoms with Crippen molar-refractivity contribution in [2.75, 3.05) is 19.8 Å². The molecule has 140 valence electrons. The zero-order chi connectivity index (χ0) is 18.8. The molecule has 3 N–H and O–H groups in total. The first-order chi connectivity index (χ1) is 12.5. The van der Waals surface area contributed by atoms with Crippen molar-refractivity contribution in [3.05, 3.63) is 0 Å². The van der Waals surface area contributed by atoms with Crippen molar-refractivity contribution in [3.8, 4) is 0 Å². The van der Waals surface area contributed by atoms with Gasteiger partial charge in [-0.05, 0) is 49.4 Å². The average molecular weight is 360 g/mol. The van der Waals surface area contributed by atoms with Crippen molar-refractivity contribution < 1.29 is 29.5 Å². The maximum Gasteiger partial charge on any atom is 0.109 e. The molecule has 10 unspecified atom stereocenters. The van der Waals surface area contributed by atoms with Crippen molar-refractivity contribution in [1.82, 2.24) is 0 Å². The molecule has 6 radical (unpaired) electrons. The van der Waals surface area contributed by atoms with Crippen LogP contribution in [0.5, 0.6) is 0 Å². The van der Waals surface area contributed by atoms with E-state index in [0.717, 1.165) is 0 Å². The highest BCUT2D eigenvalue weighted by atomic mass is 16.5. The molecule has 3 fully saturated rings. The third-order valence-corrected chi connectivity index (χ3v) is 6.29. The first-order valence-electron chi connectivity index (χ1n) is 9.52. The minimum absolute atomic E-state index is 0.0104. The van der Waals surface area contributed by atoms with Crippen LogP contribution in [0.1, 0.15) is 25.7 Å². The van der Waals surface area contributed by atoms with Crippen molar-refractivity contribution in [3.63, 3.8) is 0 Å². The molecule has 26 heavy (non-hydrogen) atoms. The van der Waals surface area contributed by atoms with Gasteiger partial charge in [-0.2, -0.15) is 0 Å². The summed E-state index contributed by atoms with van der Waals surface area (Å²) in [6.07, 6.45) is 1.82. The number of aliphatic hydroxyl groups is 3. The number of aliphatic hydroxyl groups excluding tert-OH is 3. The minimum Gasteiger partial charge on any atom is -0.394 e. The van der Waals surface area contributed by atoms with Gasteiger partial charge in [0.25, 0.3) is 0 Å². The zero-order valence-electron chi connectivity index (χ0n) is 15.0. The van der Waals surface area contributed by atoms with Crippen LogP contribution in [0.25, 0.3) is 0 Å². The summed E-state index contributed by atoms with van der Waals surface area (Å²) < 4.78 is 16.9. The molecule has 0 saturated carbocycles. The fourth-order valence-corrected chi connectivity index (χ4v) is 5.00. The highest BCUT2D eigenvalue weighted by molar-refractivity contribution is 6.11. The van der Waals surface area contributed by atoms with Crippen molar-refractivity contribution >= 4 is 23.5 Å². The monoisotopic (exact) mass is 360 g/mol. The second-order valence-electron chi connectivity index (χ2n) is 7.90. The summed E-state index contributed by atoms with van der Waals surface area (Å²) in [6, 6.07) is -1.24. The van der Waals surface area contributed by atoms with Gasteiger partial charge in [0.2, 0.25) is 0 Å². The van der Waals surface area contributed by atoms with Crippen LogP contribution in [-0.2, 0) is 14.2 Å². The molecule has 3 rings (SSSR count). The molecule has 3 heterocycles. The third kappa shape index (κ3) is 4.34. The van der Waals surface area contributed by atoms with Crippen molar-refractivity contribution in [2.45, 2.75) is 62.0 Å².